The number of nitrogens with one attached hydrogen (secondary N) is 2. The minimum absolute atomic E-state index is 0.425. The largest absolute Gasteiger partial charge is 0.494 e. The Hall–Kier alpha value is -2.53. The first-order valence-electron chi connectivity index (χ1n) is 7.26. The van der Waals surface area contributed by atoms with Crippen molar-refractivity contribution in [3.05, 3.63) is 59.1 Å². The van der Waals surface area contributed by atoms with Crippen molar-refractivity contribution in [3.8, 4) is 5.75 Å². The summed E-state index contributed by atoms with van der Waals surface area (Å²) >= 11 is 5.78. The molecular weight excluding hydrogens is 314 g/mol. The summed E-state index contributed by atoms with van der Waals surface area (Å²) in [5.41, 5.74) is 3.90. The molecule has 5 nitrogen and oxygen atoms in total. The summed E-state index contributed by atoms with van der Waals surface area (Å²) in [4.78, 5) is 11.7. The second kappa shape index (κ2) is 8.80. The second-order valence-electron chi connectivity index (χ2n) is 4.75. The lowest BCUT2D eigenvalue weighted by molar-refractivity contribution is 0.252. The molecule has 0 radical (unpaired) electrons. The Morgan fingerprint density at radius 1 is 1.17 bits per heavy atom. The Morgan fingerprint density at radius 2 is 1.87 bits per heavy atom. The number of urea groups is 1. The van der Waals surface area contributed by atoms with Crippen LogP contribution in [0.3, 0.4) is 0 Å². The molecule has 0 spiro atoms. The van der Waals surface area contributed by atoms with Crippen LogP contribution < -0.4 is 15.5 Å². The summed E-state index contributed by atoms with van der Waals surface area (Å²) in [6.45, 7) is 2.75. The van der Waals surface area contributed by atoms with E-state index in [-0.39, 0.29) is 0 Å². The van der Waals surface area contributed by atoms with Crippen molar-refractivity contribution < 1.29 is 9.53 Å². The van der Waals surface area contributed by atoms with E-state index in [1.165, 1.54) is 0 Å². The quantitative estimate of drug-likeness (QED) is 0.613. The molecule has 23 heavy (non-hydrogen) atoms. The Labute approximate surface area is 140 Å². The van der Waals surface area contributed by atoms with Crippen molar-refractivity contribution in [2.45, 2.75) is 13.3 Å². The Morgan fingerprint density at radius 3 is 2.52 bits per heavy atom. The van der Waals surface area contributed by atoms with Gasteiger partial charge in [-0.3, -0.25) is 0 Å². The van der Waals surface area contributed by atoms with Gasteiger partial charge in [0, 0.05) is 10.7 Å². The summed E-state index contributed by atoms with van der Waals surface area (Å²) in [5.74, 6) is 0.817. The fraction of sp³-hybridized carbons (Fsp3) is 0.176. The fourth-order valence-electron chi connectivity index (χ4n) is 1.73. The van der Waals surface area contributed by atoms with Crippen molar-refractivity contribution in [2.75, 3.05) is 11.9 Å². The van der Waals surface area contributed by atoms with E-state index in [9.17, 15) is 4.79 Å². The van der Waals surface area contributed by atoms with Gasteiger partial charge in [-0.1, -0.05) is 18.5 Å². The number of hydrazone groups is 1. The van der Waals surface area contributed by atoms with Gasteiger partial charge >= 0.3 is 6.03 Å². The van der Waals surface area contributed by atoms with Crippen LogP contribution in [0.4, 0.5) is 10.5 Å². The smallest absolute Gasteiger partial charge is 0.339 e. The minimum Gasteiger partial charge on any atom is -0.494 e. The number of anilines is 1. The predicted molar refractivity (Wildman–Crippen MR) is 93.4 cm³/mol. The van der Waals surface area contributed by atoms with Crippen LogP contribution in [0.5, 0.6) is 5.75 Å². The van der Waals surface area contributed by atoms with Gasteiger partial charge in [0.05, 0.1) is 12.8 Å². The summed E-state index contributed by atoms with van der Waals surface area (Å²) in [7, 11) is 0. The van der Waals surface area contributed by atoms with Crippen molar-refractivity contribution in [1.29, 1.82) is 0 Å². The molecule has 0 aliphatic rings. The van der Waals surface area contributed by atoms with Gasteiger partial charge in [0.25, 0.3) is 0 Å². The lowest BCUT2D eigenvalue weighted by Gasteiger charge is -2.04. The fourth-order valence-corrected chi connectivity index (χ4v) is 1.85. The molecule has 0 saturated carbocycles. The van der Waals surface area contributed by atoms with Crippen LogP contribution in [-0.4, -0.2) is 18.9 Å². The number of halogens is 1. The van der Waals surface area contributed by atoms with E-state index < -0.39 is 6.03 Å². The highest BCUT2D eigenvalue weighted by atomic mass is 35.5. The monoisotopic (exact) mass is 331 g/mol. The highest BCUT2D eigenvalue weighted by Crippen LogP contribution is 2.13. The van der Waals surface area contributed by atoms with Crippen LogP contribution in [0.25, 0.3) is 0 Å². The molecule has 2 aromatic rings. The minimum atomic E-state index is -0.425. The zero-order valence-corrected chi connectivity index (χ0v) is 13.5. The summed E-state index contributed by atoms with van der Waals surface area (Å²) in [6.07, 6.45) is 2.53. The van der Waals surface area contributed by atoms with Crippen molar-refractivity contribution in [1.82, 2.24) is 5.43 Å². The Bertz CT molecular complexity index is 655. The standard InChI is InChI=1S/C17H18ClN3O2/c1-2-11-23-16-9-3-13(4-10-16)12-19-21-17(22)20-15-7-5-14(18)6-8-15/h3-10,12H,2,11H2,1H3,(H2,20,21,22)/b19-12-. The summed E-state index contributed by atoms with van der Waals surface area (Å²) in [6, 6.07) is 13.9. The van der Waals surface area contributed by atoms with Crippen LogP contribution in [0.1, 0.15) is 18.9 Å². The molecule has 120 valence electrons. The maximum atomic E-state index is 11.7. The molecule has 2 rings (SSSR count). The van der Waals surface area contributed by atoms with Gasteiger partial charge < -0.3 is 10.1 Å². The van der Waals surface area contributed by atoms with E-state index in [2.05, 4.69) is 22.8 Å². The van der Waals surface area contributed by atoms with Crippen LogP contribution in [0.2, 0.25) is 5.02 Å². The molecule has 0 bridgehead atoms. The van der Waals surface area contributed by atoms with E-state index in [0.29, 0.717) is 17.3 Å². The molecule has 6 heteroatoms. The topological polar surface area (TPSA) is 62.7 Å². The van der Waals surface area contributed by atoms with Gasteiger partial charge in [-0.05, 0) is 60.5 Å². The predicted octanol–water partition coefficient (Wildman–Crippen LogP) is 4.28. The summed E-state index contributed by atoms with van der Waals surface area (Å²) in [5, 5.41) is 7.15. The third-order valence-corrected chi connectivity index (χ3v) is 3.09. The summed E-state index contributed by atoms with van der Waals surface area (Å²) < 4.78 is 5.49. The van der Waals surface area contributed by atoms with Crippen molar-refractivity contribution in [2.24, 2.45) is 5.10 Å². The molecule has 0 heterocycles. The van der Waals surface area contributed by atoms with Crippen molar-refractivity contribution >= 4 is 29.5 Å². The molecular formula is C17H18ClN3O2. The first kappa shape index (κ1) is 16.8. The number of amides is 2. The van der Waals surface area contributed by atoms with Gasteiger partial charge in [0.2, 0.25) is 0 Å². The molecule has 0 atom stereocenters. The molecule has 0 aromatic heterocycles. The first-order chi connectivity index (χ1) is 11.2. The number of benzene rings is 2. The van der Waals surface area contributed by atoms with Gasteiger partial charge in [0.15, 0.2) is 0 Å². The average molecular weight is 332 g/mol. The molecule has 2 amide bonds. The molecule has 0 saturated heterocycles. The number of carbonyl (C=O) groups excluding carboxylic acids is 1. The lowest BCUT2D eigenvalue weighted by Crippen LogP contribution is -2.24. The zero-order valence-electron chi connectivity index (χ0n) is 12.8. The molecule has 2 N–H and O–H groups in total. The van der Waals surface area contributed by atoms with Gasteiger partial charge in [-0.15, -0.1) is 0 Å². The normalized spacial score (nSPS) is 10.5. The third-order valence-electron chi connectivity index (χ3n) is 2.83. The van der Waals surface area contributed by atoms with Crippen LogP contribution in [0, 0.1) is 0 Å². The number of carbonyl (C=O) groups is 1. The van der Waals surface area contributed by atoms with Gasteiger partial charge in [-0.2, -0.15) is 5.10 Å². The van der Waals surface area contributed by atoms with E-state index in [1.807, 2.05) is 24.3 Å². The van der Waals surface area contributed by atoms with E-state index in [0.717, 1.165) is 17.7 Å². The van der Waals surface area contributed by atoms with E-state index >= 15 is 0 Å². The molecule has 0 fully saturated rings. The Kier molecular flexibility index (Phi) is 6.44. The molecule has 0 aliphatic heterocycles. The van der Waals surface area contributed by atoms with Gasteiger partial charge in [0.1, 0.15) is 5.75 Å². The van der Waals surface area contributed by atoms with E-state index in [1.54, 1.807) is 30.5 Å². The maximum absolute atomic E-state index is 11.7. The lowest BCUT2D eigenvalue weighted by atomic mass is 10.2. The second-order valence-corrected chi connectivity index (χ2v) is 5.18. The van der Waals surface area contributed by atoms with Crippen LogP contribution >= 0.6 is 11.6 Å². The molecule has 0 unspecified atom stereocenters. The van der Waals surface area contributed by atoms with Crippen LogP contribution in [-0.2, 0) is 0 Å². The van der Waals surface area contributed by atoms with E-state index in [4.69, 9.17) is 16.3 Å². The number of ether oxygens (including phenoxy) is 1. The number of hydrogen-bond donors (Lipinski definition) is 2. The van der Waals surface area contributed by atoms with Gasteiger partial charge in [-0.25, -0.2) is 10.2 Å². The van der Waals surface area contributed by atoms with Crippen molar-refractivity contribution in [3.63, 3.8) is 0 Å². The maximum Gasteiger partial charge on any atom is 0.339 e. The number of rotatable bonds is 6. The first-order valence-corrected chi connectivity index (χ1v) is 7.63. The highest BCUT2D eigenvalue weighted by molar-refractivity contribution is 6.30. The number of hydrogen-bond acceptors (Lipinski definition) is 3. The molecule has 0 aliphatic carbocycles. The SMILES string of the molecule is CCCOc1ccc(/C=N\NC(=O)Nc2ccc(Cl)cc2)cc1. The third kappa shape index (κ3) is 6.00. The average Bonchev–Trinajstić information content (AvgIpc) is 2.56. The van der Waals surface area contributed by atoms with Crippen LogP contribution in [0.15, 0.2) is 53.6 Å². The molecule has 2 aromatic carbocycles. The Balaban J connectivity index is 1.81. The highest BCUT2D eigenvalue weighted by Gasteiger charge is 1.99. The zero-order chi connectivity index (χ0) is 16.5. The number of nitrogens with zero attached hydrogens (tertiary/aromatic N) is 1.